The molecule has 0 spiro atoms. The average Bonchev–Trinajstić information content (AvgIpc) is 2.72. The minimum absolute atomic E-state index is 0.00607. The predicted octanol–water partition coefficient (Wildman–Crippen LogP) is 2.93. The maximum Gasteiger partial charge on any atom is 0.352 e. The van der Waals surface area contributed by atoms with Crippen LogP contribution in [0.2, 0.25) is 0 Å². The van der Waals surface area contributed by atoms with E-state index < -0.39 is 11.8 Å². The van der Waals surface area contributed by atoms with Gasteiger partial charge in [0.05, 0.1) is 12.8 Å². The third kappa shape index (κ3) is 2.33. The van der Waals surface area contributed by atoms with Crippen LogP contribution in [0.25, 0.3) is 5.69 Å². The lowest BCUT2D eigenvalue weighted by Crippen LogP contribution is -2.07. The molecule has 0 saturated carbocycles. The predicted molar refractivity (Wildman–Crippen MR) is 72.0 cm³/mol. The molecule has 1 aromatic heterocycles. The molecule has 2 aromatic rings. The number of carboxylic acid groups (broad SMARTS) is 1. The van der Waals surface area contributed by atoms with E-state index in [2.05, 4.69) is 0 Å². The zero-order valence-electron chi connectivity index (χ0n) is 9.35. The highest BCUT2D eigenvalue weighted by atomic mass is 127. The van der Waals surface area contributed by atoms with Crippen molar-refractivity contribution in [2.24, 2.45) is 0 Å². The monoisotopic (exact) mass is 361 g/mol. The molecule has 0 radical (unpaired) electrons. The number of methoxy groups -OCH3 is 1. The van der Waals surface area contributed by atoms with E-state index in [0.29, 0.717) is 9.32 Å². The molecule has 1 heterocycles. The van der Waals surface area contributed by atoms with Crippen LogP contribution in [0.15, 0.2) is 30.5 Å². The van der Waals surface area contributed by atoms with Crippen LogP contribution in [0.1, 0.15) is 10.5 Å². The van der Waals surface area contributed by atoms with E-state index in [4.69, 9.17) is 9.84 Å². The highest BCUT2D eigenvalue weighted by molar-refractivity contribution is 14.1. The van der Waals surface area contributed by atoms with Gasteiger partial charge in [-0.15, -0.1) is 0 Å². The number of nitrogens with zero attached hydrogens (tertiary/aromatic N) is 1. The van der Waals surface area contributed by atoms with E-state index in [1.54, 1.807) is 6.20 Å². The van der Waals surface area contributed by atoms with Crippen molar-refractivity contribution in [2.45, 2.75) is 0 Å². The Hall–Kier alpha value is -1.57. The Bertz CT molecular complexity index is 609. The maximum atomic E-state index is 13.8. The minimum atomic E-state index is -1.11. The molecule has 0 aliphatic carbocycles. The molecule has 0 saturated heterocycles. The molecule has 6 heteroatoms. The summed E-state index contributed by atoms with van der Waals surface area (Å²) in [6, 6.07) is 5.65. The van der Waals surface area contributed by atoms with Crippen LogP contribution in [0.5, 0.6) is 5.75 Å². The summed E-state index contributed by atoms with van der Waals surface area (Å²) < 4.78 is 20.8. The third-order valence-electron chi connectivity index (χ3n) is 2.42. The van der Waals surface area contributed by atoms with Crippen molar-refractivity contribution < 1.29 is 19.0 Å². The zero-order chi connectivity index (χ0) is 13.3. The Morgan fingerprint density at radius 3 is 2.78 bits per heavy atom. The highest BCUT2D eigenvalue weighted by Crippen LogP contribution is 2.24. The topological polar surface area (TPSA) is 51.5 Å². The summed E-state index contributed by atoms with van der Waals surface area (Å²) in [4.78, 5) is 11.1. The summed E-state index contributed by atoms with van der Waals surface area (Å²) >= 11 is 1.98. The van der Waals surface area contributed by atoms with Crippen molar-refractivity contribution >= 4 is 28.6 Å². The summed E-state index contributed by atoms with van der Waals surface area (Å²) in [6.45, 7) is 0. The van der Waals surface area contributed by atoms with Gasteiger partial charge >= 0.3 is 5.97 Å². The first-order valence-corrected chi connectivity index (χ1v) is 6.06. The fourth-order valence-corrected chi connectivity index (χ4v) is 2.17. The Balaban J connectivity index is 2.64. The van der Waals surface area contributed by atoms with Gasteiger partial charge in [0.15, 0.2) is 0 Å². The van der Waals surface area contributed by atoms with E-state index in [1.165, 1.54) is 35.9 Å². The van der Waals surface area contributed by atoms with Gasteiger partial charge in [-0.3, -0.25) is 0 Å². The van der Waals surface area contributed by atoms with Gasteiger partial charge in [-0.2, -0.15) is 0 Å². The molecule has 0 aliphatic heterocycles. The highest BCUT2D eigenvalue weighted by Gasteiger charge is 2.16. The summed E-state index contributed by atoms with van der Waals surface area (Å²) in [5, 5.41) is 9.08. The number of ether oxygens (including phenoxy) is 1. The SMILES string of the molecule is COc1ccc(F)c(-n2cc(I)cc2C(=O)O)c1. The van der Waals surface area contributed by atoms with E-state index >= 15 is 0 Å². The number of benzene rings is 1. The van der Waals surface area contributed by atoms with E-state index in [9.17, 15) is 9.18 Å². The van der Waals surface area contributed by atoms with Crippen molar-refractivity contribution in [1.29, 1.82) is 0 Å². The normalized spacial score (nSPS) is 10.4. The molecular weight excluding hydrogens is 352 g/mol. The molecule has 0 unspecified atom stereocenters. The van der Waals surface area contributed by atoms with E-state index in [1.807, 2.05) is 22.6 Å². The molecule has 1 aromatic carbocycles. The van der Waals surface area contributed by atoms with Gasteiger partial charge in [-0.25, -0.2) is 9.18 Å². The lowest BCUT2D eigenvalue weighted by molar-refractivity contribution is 0.0688. The van der Waals surface area contributed by atoms with Crippen molar-refractivity contribution in [3.05, 3.63) is 45.5 Å². The van der Waals surface area contributed by atoms with Gasteiger partial charge in [0.2, 0.25) is 0 Å². The number of carbonyl (C=O) groups is 1. The third-order valence-corrected chi connectivity index (χ3v) is 3.01. The smallest absolute Gasteiger partial charge is 0.352 e. The van der Waals surface area contributed by atoms with Crippen molar-refractivity contribution in [3.8, 4) is 11.4 Å². The first-order valence-electron chi connectivity index (χ1n) is 4.98. The van der Waals surface area contributed by atoms with Crippen molar-refractivity contribution in [2.75, 3.05) is 7.11 Å². The number of carboxylic acids is 1. The van der Waals surface area contributed by atoms with Crippen molar-refractivity contribution in [1.82, 2.24) is 4.57 Å². The molecule has 0 bridgehead atoms. The van der Waals surface area contributed by atoms with Crippen LogP contribution >= 0.6 is 22.6 Å². The number of halogens is 2. The fraction of sp³-hybridized carbons (Fsp3) is 0.0833. The lowest BCUT2D eigenvalue weighted by atomic mass is 10.2. The Kier molecular flexibility index (Phi) is 3.55. The second-order valence-electron chi connectivity index (χ2n) is 3.54. The Morgan fingerprint density at radius 1 is 1.44 bits per heavy atom. The van der Waals surface area contributed by atoms with E-state index in [0.717, 1.165) is 0 Å². The second-order valence-corrected chi connectivity index (χ2v) is 4.78. The summed E-state index contributed by atoms with van der Waals surface area (Å²) in [7, 11) is 1.47. The molecule has 2 rings (SSSR count). The van der Waals surface area contributed by atoms with Gasteiger partial charge in [-0.1, -0.05) is 0 Å². The molecule has 0 amide bonds. The standard InChI is InChI=1S/C12H9FINO3/c1-18-8-2-3-9(13)10(5-8)15-6-7(14)4-11(15)12(16)17/h2-6H,1H3,(H,16,17). The molecule has 18 heavy (non-hydrogen) atoms. The maximum absolute atomic E-state index is 13.8. The number of aromatic carboxylic acids is 1. The van der Waals surface area contributed by atoms with Crippen LogP contribution in [-0.4, -0.2) is 22.8 Å². The quantitative estimate of drug-likeness (QED) is 0.856. The molecule has 0 atom stereocenters. The van der Waals surface area contributed by atoms with Gasteiger partial charge in [-0.05, 0) is 40.8 Å². The lowest BCUT2D eigenvalue weighted by Gasteiger charge is -2.09. The number of aromatic nitrogens is 1. The van der Waals surface area contributed by atoms with E-state index in [-0.39, 0.29) is 11.4 Å². The molecule has 94 valence electrons. The Morgan fingerprint density at radius 2 is 2.17 bits per heavy atom. The van der Waals surface area contributed by atoms with Gasteiger partial charge in [0.1, 0.15) is 17.3 Å². The van der Waals surface area contributed by atoms with Gasteiger partial charge < -0.3 is 14.4 Å². The number of rotatable bonds is 3. The Labute approximate surface area is 116 Å². The first-order chi connectivity index (χ1) is 8.52. The molecule has 1 N–H and O–H groups in total. The number of hydrogen-bond acceptors (Lipinski definition) is 2. The van der Waals surface area contributed by atoms with Crippen LogP contribution in [0.3, 0.4) is 0 Å². The fourth-order valence-electron chi connectivity index (χ4n) is 1.60. The summed E-state index contributed by atoms with van der Waals surface area (Å²) in [5.74, 6) is -1.16. The van der Waals surface area contributed by atoms with Crippen molar-refractivity contribution in [3.63, 3.8) is 0 Å². The molecule has 0 fully saturated rings. The molecule has 4 nitrogen and oxygen atoms in total. The van der Waals surface area contributed by atoms with Gasteiger partial charge in [0.25, 0.3) is 0 Å². The largest absolute Gasteiger partial charge is 0.497 e. The van der Waals surface area contributed by atoms with Crippen LogP contribution in [-0.2, 0) is 0 Å². The van der Waals surface area contributed by atoms with Crippen LogP contribution < -0.4 is 4.74 Å². The van der Waals surface area contributed by atoms with Crippen LogP contribution in [0, 0.1) is 9.39 Å². The summed E-state index contributed by atoms with van der Waals surface area (Å²) in [5.41, 5.74) is 0.154. The van der Waals surface area contributed by atoms with Crippen LogP contribution in [0.4, 0.5) is 4.39 Å². The second kappa shape index (κ2) is 4.97. The first kappa shape index (κ1) is 12.9. The minimum Gasteiger partial charge on any atom is -0.497 e. The average molecular weight is 361 g/mol. The number of hydrogen-bond donors (Lipinski definition) is 1. The zero-order valence-corrected chi connectivity index (χ0v) is 11.5. The summed E-state index contributed by atoms with van der Waals surface area (Å²) in [6.07, 6.45) is 1.56. The van der Waals surface area contributed by atoms with Gasteiger partial charge in [0, 0.05) is 15.8 Å². The molecule has 0 aliphatic rings. The molecular formula is C12H9FINO3.